The van der Waals surface area contributed by atoms with E-state index >= 15 is 8.78 Å². The average Bonchev–Trinajstić information content (AvgIpc) is 3.41. The molecule has 0 fully saturated rings. The van der Waals surface area contributed by atoms with Gasteiger partial charge in [0.25, 0.3) is 11.5 Å². The standard InChI is InChI=1S/C28H30F3N3O4S/c1-8-32-25(35)19-11-17-18(12-34(7)26(36)20(17)33-19)23-22(38-21-13(2)9-16(29)10-14(21)3)15(4)24(39-23)28(30,31)27(5,6)37/h9-12,33,37H,8H2,1-7H3,(H,32,35). The van der Waals surface area contributed by atoms with Crippen LogP contribution in [0.25, 0.3) is 21.3 Å². The van der Waals surface area contributed by atoms with E-state index in [-0.39, 0.29) is 27.4 Å². The second kappa shape index (κ2) is 9.87. The van der Waals surface area contributed by atoms with Gasteiger partial charge in [-0.2, -0.15) is 8.78 Å². The van der Waals surface area contributed by atoms with Gasteiger partial charge in [0.05, 0.1) is 9.75 Å². The van der Waals surface area contributed by atoms with Gasteiger partial charge in [-0.3, -0.25) is 9.59 Å². The number of carbonyl (C=O) groups is 1. The Balaban J connectivity index is 2.06. The SMILES string of the molecule is CCNC(=O)c1cc2c(-c3sc(C(F)(F)C(C)(C)O)c(C)c3Oc3c(C)cc(F)cc3C)cn(C)c(=O)c2[nH]1. The Morgan fingerprint density at radius 2 is 1.77 bits per heavy atom. The van der Waals surface area contributed by atoms with E-state index in [1.807, 2.05) is 0 Å². The summed E-state index contributed by atoms with van der Waals surface area (Å²) in [6.45, 7) is 8.93. The molecule has 4 rings (SSSR count). The van der Waals surface area contributed by atoms with Crippen molar-refractivity contribution < 1.29 is 27.8 Å². The molecule has 7 nitrogen and oxygen atoms in total. The largest absolute Gasteiger partial charge is 0.455 e. The van der Waals surface area contributed by atoms with E-state index in [2.05, 4.69) is 10.3 Å². The summed E-state index contributed by atoms with van der Waals surface area (Å²) >= 11 is 0.726. The number of aliphatic hydroxyl groups is 1. The van der Waals surface area contributed by atoms with Crippen molar-refractivity contribution in [3.8, 4) is 21.9 Å². The van der Waals surface area contributed by atoms with Gasteiger partial charge in [0.1, 0.15) is 34.1 Å². The van der Waals surface area contributed by atoms with Crippen molar-refractivity contribution in [2.45, 2.75) is 53.1 Å². The van der Waals surface area contributed by atoms with Crippen LogP contribution in [-0.2, 0) is 13.0 Å². The molecule has 1 amide bonds. The number of carbonyl (C=O) groups excluding carboxylic acids is 1. The number of fused-ring (bicyclic) bond motifs is 1. The molecule has 0 spiro atoms. The quantitative estimate of drug-likeness (QED) is 0.255. The highest BCUT2D eigenvalue weighted by molar-refractivity contribution is 7.16. The maximum Gasteiger partial charge on any atom is 0.310 e. The Hall–Kier alpha value is -3.57. The van der Waals surface area contributed by atoms with Gasteiger partial charge in [0, 0.05) is 36.3 Å². The van der Waals surface area contributed by atoms with E-state index in [0.29, 0.717) is 34.4 Å². The number of pyridine rings is 1. The zero-order chi connectivity index (χ0) is 29.0. The highest BCUT2D eigenvalue weighted by atomic mass is 32.1. The van der Waals surface area contributed by atoms with Gasteiger partial charge in [-0.25, -0.2) is 4.39 Å². The van der Waals surface area contributed by atoms with Crippen molar-refractivity contribution in [2.75, 3.05) is 6.54 Å². The number of hydrogen-bond donors (Lipinski definition) is 3. The summed E-state index contributed by atoms with van der Waals surface area (Å²) in [6, 6.07) is 4.06. The van der Waals surface area contributed by atoms with E-state index in [0.717, 1.165) is 25.2 Å². The Labute approximate surface area is 227 Å². The van der Waals surface area contributed by atoms with Crippen molar-refractivity contribution in [2.24, 2.45) is 7.05 Å². The molecule has 0 aliphatic rings. The minimum Gasteiger partial charge on any atom is -0.455 e. The zero-order valence-electron chi connectivity index (χ0n) is 22.7. The molecule has 4 aromatic rings. The number of amides is 1. The summed E-state index contributed by atoms with van der Waals surface area (Å²) in [6.07, 6.45) is 1.49. The third-order valence-electron chi connectivity index (χ3n) is 6.57. The third-order valence-corrected chi connectivity index (χ3v) is 7.94. The molecular weight excluding hydrogens is 531 g/mol. The van der Waals surface area contributed by atoms with Crippen LogP contribution in [0.4, 0.5) is 13.2 Å². The number of ether oxygens (including phenoxy) is 1. The van der Waals surface area contributed by atoms with Crippen LogP contribution in [0.15, 0.2) is 29.2 Å². The molecule has 0 saturated heterocycles. The van der Waals surface area contributed by atoms with Crippen LogP contribution in [-0.4, -0.2) is 32.7 Å². The topological polar surface area (TPSA) is 96.3 Å². The first-order valence-electron chi connectivity index (χ1n) is 12.3. The van der Waals surface area contributed by atoms with Crippen molar-refractivity contribution in [3.05, 3.63) is 67.8 Å². The third kappa shape index (κ3) is 4.85. The van der Waals surface area contributed by atoms with Gasteiger partial charge in [0.15, 0.2) is 0 Å². The fourth-order valence-electron chi connectivity index (χ4n) is 4.43. The number of nitrogens with zero attached hydrogens (tertiary/aromatic N) is 1. The number of aromatic amines is 1. The monoisotopic (exact) mass is 561 g/mol. The Kier molecular flexibility index (Phi) is 7.20. The highest BCUT2D eigenvalue weighted by Gasteiger charge is 2.50. The number of aromatic nitrogens is 2. The molecule has 1 aromatic carbocycles. The number of halogens is 3. The molecule has 208 valence electrons. The molecule has 3 N–H and O–H groups in total. The van der Waals surface area contributed by atoms with Crippen LogP contribution in [0, 0.1) is 26.6 Å². The molecule has 0 radical (unpaired) electrons. The summed E-state index contributed by atoms with van der Waals surface area (Å²) in [5.74, 6) is -4.16. The van der Waals surface area contributed by atoms with Crippen LogP contribution in [0.1, 0.15) is 52.8 Å². The maximum absolute atomic E-state index is 15.6. The van der Waals surface area contributed by atoms with Gasteiger partial charge in [-0.15, -0.1) is 11.3 Å². The molecule has 0 unspecified atom stereocenters. The molecule has 0 aliphatic heterocycles. The fraction of sp³-hybridized carbons (Fsp3) is 0.357. The molecule has 0 aliphatic carbocycles. The van der Waals surface area contributed by atoms with E-state index in [4.69, 9.17) is 4.74 Å². The molecule has 0 atom stereocenters. The Morgan fingerprint density at radius 1 is 1.15 bits per heavy atom. The van der Waals surface area contributed by atoms with E-state index in [9.17, 15) is 19.1 Å². The van der Waals surface area contributed by atoms with Gasteiger partial charge >= 0.3 is 5.92 Å². The molecular formula is C28H30F3N3O4S. The smallest absolute Gasteiger partial charge is 0.310 e. The summed E-state index contributed by atoms with van der Waals surface area (Å²) in [5.41, 5.74) is -1.15. The molecule has 11 heteroatoms. The molecule has 0 saturated carbocycles. The lowest BCUT2D eigenvalue weighted by atomic mass is 9.96. The number of hydrogen-bond acceptors (Lipinski definition) is 5. The van der Waals surface area contributed by atoms with E-state index < -0.39 is 33.7 Å². The summed E-state index contributed by atoms with van der Waals surface area (Å²) in [4.78, 5) is 28.2. The number of nitrogens with one attached hydrogen (secondary N) is 2. The predicted molar refractivity (Wildman–Crippen MR) is 146 cm³/mol. The Bertz CT molecular complexity index is 1640. The number of benzene rings is 1. The van der Waals surface area contributed by atoms with Gasteiger partial charge in [0.2, 0.25) is 0 Å². The summed E-state index contributed by atoms with van der Waals surface area (Å²) in [5, 5.41) is 13.4. The Morgan fingerprint density at radius 3 is 2.33 bits per heavy atom. The lowest BCUT2D eigenvalue weighted by Gasteiger charge is -2.28. The molecule has 0 bridgehead atoms. The summed E-state index contributed by atoms with van der Waals surface area (Å²) in [7, 11) is 1.51. The number of thiophene rings is 1. The number of alkyl halides is 2. The first kappa shape index (κ1) is 28.4. The van der Waals surface area contributed by atoms with Crippen LogP contribution >= 0.6 is 11.3 Å². The molecule has 3 aromatic heterocycles. The first-order valence-corrected chi connectivity index (χ1v) is 13.1. The zero-order valence-corrected chi connectivity index (χ0v) is 23.5. The average molecular weight is 562 g/mol. The lowest BCUT2D eigenvalue weighted by Crippen LogP contribution is -2.40. The van der Waals surface area contributed by atoms with Crippen LogP contribution in [0.2, 0.25) is 0 Å². The molecule has 3 heterocycles. The highest BCUT2D eigenvalue weighted by Crippen LogP contribution is 2.53. The maximum atomic E-state index is 15.6. The first-order chi connectivity index (χ1) is 18.1. The normalized spacial score (nSPS) is 12.3. The minimum absolute atomic E-state index is 0.0810. The van der Waals surface area contributed by atoms with E-state index in [1.54, 1.807) is 20.8 Å². The minimum atomic E-state index is -3.66. The second-order valence-corrected chi connectivity index (χ2v) is 11.1. The van der Waals surface area contributed by atoms with Crippen molar-refractivity contribution >= 4 is 28.1 Å². The number of H-pyrrole nitrogens is 1. The van der Waals surface area contributed by atoms with Crippen LogP contribution < -0.4 is 15.6 Å². The van der Waals surface area contributed by atoms with Crippen LogP contribution in [0.5, 0.6) is 11.5 Å². The predicted octanol–water partition coefficient (Wildman–Crippen LogP) is 6.06. The van der Waals surface area contributed by atoms with Gasteiger partial charge < -0.3 is 24.7 Å². The van der Waals surface area contributed by atoms with Gasteiger partial charge in [-0.05, 0) is 70.9 Å². The van der Waals surface area contributed by atoms with Crippen molar-refractivity contribution in [3.63, 3.8) is 0 Å². The second-order valence-electron chi connectivity index (χ2n) is 10.1. The van der Waals surface area contributed by atoms with Crippen LogP contribution in [0.3, 0.4) is 0 Å². The van der Waals surface area contributed by atoms with E-state index in [1.165, 1.54) is 42.9 Å². The summed E-state index contributed by atoms with van der Waals surface area (Å²) < 4.78 is 52.7. The van der Waals surface area contributed by atoms with Crippen molar-refractivity contribution in [1.82, 2.24) is 14.9 Å². The lowest BCUT2D eigenvalue weighted by molar-refractivity contribution is -0.166. The number of aryl methyl sites for hydroxylation is 3. The van der Waals surface area contributed by atoms with Crippen molar-refractivity contribution in [1.29, 1.82) is 0 Å². The number of rotatable bonds is 7. The fourth-order valence-corrected chi connectivity index (χ4v) is 5.82. The molecule has 39 heavy (non-hydrogen) atoms. The van der Waals surface area contributed by atoms with Gasteiger partial charge in [-0.1, -0.05) is 0 Å².